The van der Waals surface area contributed by atoms with Crippen molar-refractivity contribution in [3.63, 3.8) is 0 Å². The van der Waals surface area contributed by atoms with Crippen LogP contribution in [0.15, 0.2) is 109 Å². The van der Waals surface area contributed by atoms with Gasteiger partial charge in [0.05, 0.1) is 0 Å². The van der Waals surface area contributed by atoms with Crippen molar-refractivity contribution in [3.8, 4) is 11.1 Å². The Bertz CT molecular complexity index is 1120. The third-order valence-corrected chi connectivity index (χ3v) is 4.83. The first-order valence-electron chi connectivity index (χ1n) is 9.48. The van der Waals surface area contributed by atoms with Gasteiger partial charge in [-0.3, -0.25) is 9.59 Å². The lowest BCUT2D eigenvalue weighted by atomic mass is 10.0. The minimum absolute atomic E-state index is 0. The van der Waals surface area contributed by atoms with Crippen LogP contribution in [-0.2, 0) is 6.54 Å². The number of aromatic nitrogens is 1. The highest BCUT2D eigenvalue weighted by Crippen LogP contribution is 2.19. The molecule has 0 saturated heterocycles. The topological polar surface area (TPSA) is 38.0 Å². The Hall–Kier alpha value is -3.37. The van der Waals surface area contributed by atoms with E-state index >= 15 is 0 Å². The molecule has 0 unspecified atom stereocenters. The van der Waals surface area contributed by atoms with Crippen LogP contribution in [0, 0.1) is 0 Å². The van der Waals surface area contributed by atoms with E-state index in [2.05, 4.69) is 0 Å². The number of Topliss-reactive ketones (excluding diaryl/α,β-unsaturated/α-hetero) is 1. The number of hydrogen-bond donors (Lipinski definition) is 0. The van der Waals surface area contributed by atoms with Gasteiger partial charge in [-0.2, -0.15) is 4.57 Å². The van der Waals surface area contributed by atoms with E-state index in [4.69, 9.17) is 0 Å². The van der Waals surface area contributed by atoms with Crippen LogP contribution >= 0.6 is 17.0 Å². The molecule has 0 atom stereocenters. The monoisotopic (exact) mass is 458 g/mol. The largest absolute Gasteiger partial charge is 0.289 e. The highest BCUT2D eigenvalue weighted by atomic mass is 79.9. The molecule has 0 spiro atoms. The van der Waals surface area contributed by atoms with Gasteiger partial charge in [0, 0.05) is 28.8 Å². The summed E-state index contributed by atoms with van der Waals surface area (Å²) in [7, 11) is 0. The highest BCUT2D eigenvalue weighted by Gasteiger charge is 2.14. The van der Waals surface area contributed by atoms with E-state index in [1.54, 1.807) is 41.2 Å². The average Bonchev–Trinajstić information content (AvgIpc) is 2.80. The standard InChI is InChI=1S/C26H20NO2.BrH/c28-25(22-13-11-21(12-14-22)20-7-3-1-4-8-20)19-27-17-15-24(16-18-27)26(29)23-9-5-2-6-10-23;/h1-18H,19H2;1H/q+1;. The Morgan fingerprint density at radius 3 is 1.67 bits per heavy atom. The van der Waals surface area contributed by atoms with E-state index in [1.807, 2.05) is 72.8 Å². The van der Waals surface area contributed by atoms with E-state index in [0.29, 0.717) is 16.7 Å². The summed E-state index contributed by atoms with van der Waals surface area (Å²) < 4.78 is 1.79. The number of ketones is 2. The van der Waals surface area contributed by atoms with E-state index < -0.39 is 0 Å². The minimum Gasteiger partial charge on any atom is -0.289 e. The van der Waals surface area contributed by atoms with Crippen molar-refractivity contribution < 1.29 is 14.2 Å². The van der Waals surface area contributed by atoms with Gasteiger partial charge in [-0.25, -0.2) is 0 Å². The molecule has 0 fully saturated rings. The second-order valence-corrected chi connectivity index (χ2v) is 6.82. The summed E-state index contributed by atoms with van der Waals surface area (Å²) in [5, 5.41) is 0. The van der Waals surface area contributed by atoms with Gasteiger partial charge in [-0.1, -0.05) is 84.9 Å². The van der Waals surface area contributed by atoms with Gasteiger partial charge >= 0.3 is 0 Å². The van der Waals surface area contributed by atoms with Crippen LogP contribution in [0.25, 0.3) is 11.1 Å². The predicted molar refractivity (Wildman–Crippen MR) is 123 cm³/mol. The lowest BCUT2D eigenvalue weighted by Gasteiger charge is -2.04. The summed E-state index contributed by atoms with van der Waals surface area (Å²) in [4.78, 5) is 25.1. The molecule has 4 heteroatoms. The fourth-order valence-corrected chi connectivity index (χ4v) is 3.21. The number of rotatable bonds is 6. The fourth-order valence-electron chi connectivity index (χ4n) is 3.21. The summed E-state index contributed by atoms with van der Waals surface area (Å²) in [6.07, 6.45) is 3.54. The number of hydrogen-bond acceptors (Lipinski definition) is 2. The Kier molecular flexibility index (Phi) is 7.04. The number of carbonyl (C=O) groups is 2. The van der Waals surface area contributed by atoms with Crippen LogP contribution in [0.2, 0.25) is 0 Å². The zero-order valence-corrected chi connectivity index (χ0v) is 18.0. The Morgan fingerprint density at radius 2 is 1.07 bits per heavy atom. The third-order valence-electron chi connectivity index (χ3n) is 4.83. The molecular weight excluding hydrogens is 438 g/mol. The number of nitrogens with zero attached hydrogens (tertiary/aromatic N) is 1. The third kappa shape index (κ3) is 4.97. The molecule has 0 N–H and O–H groups in total. The smallest absolute Gasteiger partial charge is 0.227 e. The first kappa shape index (κ1) is 21.3. The summed E-state index contributed by atoms with van der Waals surface area (Å²) in [6.45, 7) is 0.227. The van der Waals surface area contributed by atoms with Crippen LogP contribution in [0.5, 0.6) is 0 Å². The quantitative estimate of drug-likeness (QED) is 0.289. The van der Waals surface area contributed by atoms with E-state index in [-0.39, 0.29) is 35.1 Å². The van der Waals surface area contributed by atoms with Crippen molar-refractivity contribution in [2.45, 2.75) is 6.54 Å². The lowest BCUT2D eigenvalue weighted by molar-refractivity contribution is -0.683. The second kappa shape index (κ2) is 9.90. The van der Waals surface area contributed by atoms with E-state index in [9.17, 15) is 9.59 Å². The van der Waals surface area contributed by atoms with E-state index in [1.165, 1.54) is 0 Å². The van der Waals surface area contributed by atoms with Gasteiger partial charge in [0.25, 0.3) is 0 Å². The first-order valence-corrected chi connectivity index (χ1v) is 9.48. The zero-order chi connectivity index (χ0) is 20.1. The molecule has 4 rings (SSSR count). The summed E-state index contributed by atoms with van der Waals surface area (Å²) in [5.74, 6) is -0.00248. The molecule has 0 radical (unpaired) electrons. The second-order valence-electron chi connectivity index (χ2n) is 6.82. The molecule has 3 aromatic carbocycles. The average molecular weight is 459 g/mol. The minimum atomic E-state index is -0.0272. The van der Waals surface area contributed by atoms with Crippen LogP contribution in [-0.4, -0.2) is 11.6 Å². The van der Waals surface area contributed by atoms with Crippen molar-refractivity contribution >= 4 is 28.5 Å². The molecule has 1 heterocycles. The summed E-state index contributed by atoms with van der Waals surface area (Å²) in [6, 6.07) is 30.4. The van der Waals surface area contributed by atoms with Crippen molar-refractivity contribution in [1.29, 1.82) is 0 Å². The summed E-state index contributed by atoms with van der Waals surface area (Å²) >= 11 is 0. The van der Waals surface area contributed by atoms with Crippen LogP contribution in [0.1, 0.15) is 26.3 Å². The van der Waals surface area contributed by atoms with Crippen molar-refractivity contribution in [2.24, 2.45) is 0 Å². The van der Waals surface area contributed by atoms with Crippen LogP contribution in [0.3, 0.4) is 0 Å². The van der Waals surface area contributed by atoms with Crippen molar-refractivity contribution in [3.05, 3.63) is 126 Å². The molecule has 0 aliphatic heterocycles. The molecule has 0 saturated carbocycles. The van der Waals surface area contributed by atoms with Gasteiger partial charge in [0.2, 0.25) is 12.3 Å². The first-order chi connectivity index (χ1) is 14.2. The van der Waals surface area contributed by atoms with Gasteiger partial charge in [-0.15, -0.1) is 17.0 Å². The lowest BCUT2D eigenvalue weighted by Crippen LogP contribution is -2.37. The Balaban J connectivity index is 0.00000256. The van der Waals surface area contributed by atoms with Gasteiger partial charge in [-0.05, 0) is 11.1 Å². The molecule has 30 heavy (non-hydrogen) atoms. The molecule has 148 valence electrons. The van der Waals surface area contributed by atoms with Gasteiger partial charge in [0.1, 0.15) is 0 Å². The van der Waals surface area contributed by atoms with Gasteiger partial charge < -0.3 is 0 Å². The molecule has 4 aromatic rings. The fraction of sp³-hybridized carbons (Fsp3) is 0.0385. The maximum Gasteiger partial charge on any atom is 0.227 e. The number of benzene rings is 3. The number of carbonyl (C=O) groups excluding carboxylic acids is 2. The molecule has 0 aliphatic rings. The van der Waals surface area contributed by atoms with Crippen LogP contribution < -0.4 is 4.57 Å². The molecule has 0 aliphatic carbocycles. The maximum absolute atomic E-state index is 12.6. The highest BCUT2D eigenvalue weighted by molar-refractivity contribution is 8.93. The Labute approximate surface area is 186 Å². The van der Waals surface area contributed by atoms with Crippen molar-refractivity contribution in [1.82, 2.24) is 0 Å². The maximum atomic E-state index is 12.6. The predicted octanol–water partition coefficient (Wildman–Crippen LogP) is 5.33. The zero-order valence-electron chi connectivity index (χ0n) is 16.3. The van der Waals surface area contributed by atoms with E-state index in [0.717, 1.165) is 11.1 Å². The number of halogens is 1. The molecule has 0 amide bonds. The molecule has 3 nitrogen and oxygen atoms in total. The van der Waals surface area contributed by atoms with Gasteiger partial charge in [0.15, 0.2) is 18.2 Å². The molecule has 0 bridgehead atoms. The van der Waals surface area contributed by atoms with Crippen LogP contribution in [0.4, 0.5) is 0 Å². The SMILES string of the molecule is Br.O=C(C[n+]1ccc(C(=O)c2ccccc2)cc1)c1ccc(-c2ccccc2)cc1. The van der Waals surface area contributed by atoms with Crippen molar-refractivity contribution in [2.75, 3.05) is 0 Å². The molecule has 1 aromatic heterocycles. The Morgan fingerprint density at radius 1 is 0.567 bits per heavy atom. The summed E-state index contributed by atoms with van der Waals surface area (Å²) in [5.41, 5.74) is 4.13. The number of pyridine rings is 1. The normalized spacial score (nSPS) is 10.1. The molecular formula is C26H21BrNO2+.